The fourth-order valence-corrected chi connectivity index (χ4v) is 2.17. The van der Waals surface area contributed by atoms with Crippen LogP contribution in [0.1, 0.15) is 18.7 Å². The molecule has 1 fully saturated rings. The van der Waals surface area contributed by atoms with Crippen LogP contribution in [-0.4, -0.2) is 20.9 Å². The van der Waals surface area contributed by atoms with Crippen LogP contribution in [0.5, 0.6) is 0 Å². The van der Waals surface area contributed by atoms with E-state index in [1.165, 1.54) is 6.20 Å². The zero-order valence-electron chi connectivity index (χ0n) is 9.77. The van der Waals surface area contributed by atoms with Gasteiger partial charge >= 0.3 is 0 Å². The van der Waals surface area contributed by atoms with Gasteiger partial charge in [-0.2, -0.15) is 4.98 Å². The molecule has 0 aliphatic heterocycles. The van der Waals surface area contributed by atoms with Crippen LogP contribution in [0.4, 0.5) is 0 Å². The molecule has 0 atom stereocenters. The van der Waals surface area contributed by atoms with E-state index in [0.29, 0.717) is 21.6 Å². The third-order valence-electron chi connectivity index (χ3n) is 2.85. The molecule has 19 heavy (non-hydrogen) atoms. The SMILES string of the molecule is O=C(Cc1nc(-c2ncc(Cl)cc2Cl)no1)C1CC1. The summed E-state index contributed by atoms with van der Waals surface area (Å²) in [6, 6.07) is 1.55. The van der Waals surface area contributed by atoms with Crippen LogP contribution in [0.3, 0.4) is 0 Å². The molecule has 7 heteroatoms. The zero-order valence-corrected chi connectivity index (χ0v) is 11.3. The van der Waals surface area contributed by atoms with E-state index >= 15 is 0 Å². The number of halogens is 2. The van der Waals surface area contributed by atoms with Crippen LogP contribution in [0.15, 0.2) is 16.8 Å². The first-order valence-electron chi connectivity index (χ1n) is 5.80. The zero-order chi connectivity index (χ0) is 13.4. The Morgan fingerprint density at radius 2 is 2.21 bits per heavy atom. The van der Waals surface area contributed by atoms with Gasteiger partial charge in [0.1, 0.15) is 11.5 Å². The minimum absolute atomic E-state index is 0.144. The summed E-state index contributed by atoms with van der Waals surface area (Å²) in [5.74, 6) is 0.873. The first kappa shape index (κ1) is 12.6. The second-order valence-corrected chi connectivity index (χ2v) is 5.26. The quantitative estimate of drug-likeness (QED) is 0.868. The van der Waals surface area contributed by atoms with E-state index in [-0.39, 0.29) is 23.9 Å². The molecule has 0 saturated heterocycles. The molecule has 0 spiro atoms. The Bertz CT molecular complexity index is 638. The molecular weight excluding hydrogens is 289 g/mol. The second kappa shape index (κ2) is 4.90. The van der Waals surface area contributed by atoms with Crippen molar-refractivity contribution in [1.82, 2.24) is 15.1 Å². The molecule has 0 amide bonds. The molecule has 0 bridgehead atoms. The van der Waals surface area contributed by atoms with Crippen molar-refractivity contribution in [3.05, 3.63) is 28.2 Å². The summed E-state index contributed by atoms with van der Waals surface area (Å²) in [5, 5.41) is 4.55. The predicted molar refractivity (Wildman–Crippen MR) is 69.0 cm³/mol. The lowest BCUT2D eigenvalue weighted by Crippen LogP contribution is -2.04. The molecule has 98 valence electrons. The highest BCUT2D eigenvalue weighted by molar-refractivity contribution is 6.35. The molecule has 1 aliphatic carbocycles. The van der Waals surface area contributed by atoms with E-state index in [1.54, 1.807) is 6.07 Å². The van der Waals surface area contributed by atoms with E-state index in [1.807, 2.05) is 0 Å². The van der Waals surface area contributed by atoms with Gasteiger partial charge in [0.15, 0.2) is 0 Å². The Labute approximate surface area is 118 Å². The van der Waals surface area contributed by atoms with Crippen molar-refractivity contribution in [3.63, 3.8) is 0 Å². The van der Waals surface area contributed by atoms with Gasteiger partial charge in [-0.15, -0.1) is 0 Å². The third kappa shape index (κ3) is 2.77. The van der Waals surface area contributed by atoms with E-state index in [9.17, 15) is 4.79 Å². The van der Waals surface area contributed by atoms with Gasteiger partial charge in [0.05, 0.1) is 16.5 Å². The number of carbonyl (C=O) groups excluding carboxylic acids is 1. The summed E-state index contributed by atoms with van der Waals surface area (Å²) in [6.45, 7) is 0. The number of rotatable bonds is 4. The molecule has 0 unspecified atom stereocenters. The lowest BCUT2D eigenvalue weighted by atomic mass is 10.2. The van der Waals surface area contributed by atoms with Crippen LogP contribution in [0, 0.1) is 5.92 Å². The van der Waals surface area contributed by atoms with Gasteiger partial charge in [-0.05, 0) is 18.9 Å². The number of Topliss-reactive ketones (excluding diaryl/α,β-unsaturated/α-hetero) is 1. The summed E-state index contributed by atoms with van der Waals surface area (Å²) in [5.41, 5.74) is 0.389. The van der Waals surface area contributed by atoms with Crippen molar-refractivity contribution < 1.29 is 9.32 Å². The normalized spacial score (nSPS) is 14.6. The van der Waals surface area contributed by atoms with E-state index in [4.69, 9.17) is 27.7 Å². The Balaban J connectivity index is 1.81. The summed E-state index contributed by atoms with van der Waals surface area (Å²) < 4.78 is 5.04. The highest BCUT2D eigenvalue weighted by Gasteiger charge is 2.30. The van der Waals surface area contributed by atoms with Gasteiger partial charge in [0.2, 0.25) is 11.7 Å². The average molecular weight is 298 g/mol. The van der Waals surface area contributed by atoms with E-state index in [2.05, 4.69) is 15.1 Å². The van der Waals surface area contributed by atoms with Gasteiger partial charge in [0, 0.05) is 12.1 Å². The monoisotopic (exact) mass is 297 g/mol. The molecule has 1 aliphatic rings. The number of hydrogen-bond donors (Lipinski definition) is 0. The fraction of sp³-hybridized carbons (Fsp3) is 0.333. The number of aromatic nitrogens is 3. The minimum Gasteiger partial charge on any atom is -0.338 e. The number of nitrogens with zero attached hydrogens (tertiary/aromatic N) is 3. The maximum Gasteiger partial charge on any atom is 0.234 e. The maximum absolute atomic E-state index is 11.6. The Morgan fingerprint density at radius 1 is 1.42 bits per heavy atom. The van der Waals surface area contributed by atoms with Crippen molar-refractivity contribution in [2.75, 3.05) is 0 Å². The van der Waals surface area contributed by atoms with Crippen LogP contribution in [-0.2, 0) is 11.2 Å². The molecule has 5 nitrogen and oxygen atoms in total. The predicted octanol–water partition coefficient (Wildman–Crippen LogP) is 2.96. The highest BCUT2D eigenvalue weighted by atomic mass is 35.5. The van der Waals surface area contributed by atoms with Crippen LogP contribution >= 0.6 is 23.2 Å². The fourth-order valence-electron chi connectivity index (χ4n) is 1.70. The van der Waals surface area contributed by atoms with Crippen LogP contribution < -0.4 is 0 Å². The van der Waals surface area contributed by atoms with E-state index in [0.717, 1.165) is 12.8 Å². The molecule has 2 aromatic rings. The lowest BCUT2D eigenvalue weighted by molar-refractivity contribution is -0.119. The van der Waals surface area contributed by atoms with Gasteiger partial charge in [-0.3, -0.25) is 4.79 Å². The van der Waals surface area contributed by atoms with E-state index < -0.39 is 0 Å². The third-order valence-corrected chi connectivity index (χ3v) is 3.34. The highest BCUT2D eigenvalue weighted by Crippen LogP contribution is 2.31. The molecule has 2 aromatic heterocycles. The lowest BCUT2D eigenvalue weighted by Gasteiger charge is -1.97. The van der Waals surface area contributed by atoms with Crippen molar-refractivity contribution in [1.29, 1.82) is 0 Å². The molecular formula is C12H9Cl2N3O2. The number of ketones is 1. The topological polar surface area (TPSA) is 68.9 Å². The van der Waals surface area contributed by atoms with Crippen molar-refractivity contribution in [2.45, 2.75) is 19.3 Å². The minimum atomic E-state index is 0.144. The van der Waals surface area contributed by atoms with Crippen molar-refractivity contribution in [3.8, 4) is 11.5 Å². The second-order valence-electron chi connectivity index (χ2n) is 4.41. The summed E-state index contributed by atoms with van der Waals surface area (Å²) >= 11 is 11.8. The summed E-state index contributed by atoms with van der Waals surface area (Å²) in [7, 11) is 0. The Kier molecular flexibility index (Phi) is 3.24. The van der Waals surface area contributed by atoms with Gasteiger partial charge < -0.3 is 4.52 Å². The summed E-state index contributed by atoms with van der Waals surface area (Å²) in [6.07, 6.45) is 3.55. The smallest absolute Gasteiger partial charge is 0.234 e. The molecule has 1 saturated carbocycles. The molecule has 0 aromatic carbocycles. The molecule has 0 radical (unpaired) electrons. The maximum atomic E-state index is 11.6. The van der Waals surface area contributed by atoms with Crippen molar-refractivity contribution in [2.24, 2.45) is 5.92 Å². The molecule has 2 heterocycles. The standard InChI is InChI=1S/C12H9Cl2N3O2/c13-7-3-8(14)11(15-5-7)12-16-10(19-17-12)4-9(18)6-1-2-6/h3,5-6H,1-2,4H2. The molecule has 0 N–H and O–H groups in total. The van der Waals surface area contributed by atoms with Crippen LogP contribution in [0.25, 0.3) is 11.5 Å². The first-order chi connectivity index (χ1) is 9.13. The van der Waals surface area contributed by atoms with Gasteiger partial charge in [-0.25, -0.2) is 4.98 Å². The van der Waals surface area contributed by atoms with Gasteiger partial charge in [-0.1, -0.05) is 28.4 Å². The van der Waals surface area contributed by atoms with Gasteiger partial charge in [0.25, 0.3) is 0 Å². The summed E-state index contributed by atoms with van der Waals surface area (Å²) in [4.78, 5) is 19.8. The number of carbonyl (C=O) groups is 1. The van der Waals surface area contributed by atoms with Crippen molar-refractivity contribution >= 4 is 29.0 Å². The average Bonchev–Trinajstić information content (AvgIpc) is 3.11. The first-order valence-corrected chi connectivity index (χ1v) is 6.56. The Hall–Kier alpha value is -1.46. The Morgan fingerprint density at radius 3 is 2.89 bits per heavy atom. The van der Waals surface area contributed by atoms with Crippen LogP contribution in [0.2, 0.25) is 10.0 Å². The number of pyridine rings is 1. The molecule has 3 rings (SSSR count). The largest absolute Gasteiger partial charge is 0.338 e. The number of hydrogen-bond acceptors (Lipinski definition) is 5.